The van der Waals surface area contributed by atoms with Gasteiger partial charge in [0.25, 0.3) is 0 Å². The van der Waals surface area contributed by atoms with Crippen molar-refractivity contribution in [1.82, 2.24) is 4.90 Å². The Morgan fingerprint density at radius 1 is 1.37 bits per heavy atom. The minimum absolute atomic E-state index is 0.0493. The van der Waals surface area contributed by atoms with Crippen molar-refractivity contribution in [1.29, 1.82) is 0 Å². The second kappa shape index (κ2) is 6.61. The maximum absolute atomic E-state index is 11.9. The molecule has 1 atom stereocenters. The van der Waals surface area contributed by atoms with Gasteiger partial charge in [0.2, 0.25) is 0 Å². The van der Waals surface area contributed by atoms with E-state index in [-0.39, 0.29) is 12.1 Å². The van der Waals surface area contributed by atoms with Gasteiger partial charge in [0.15, 0.2) is 0 Å². The molecule has 0 spiro atoms. The summed E-state index contributed by atoms with van der Waals surface area (Å²) in [6.45, 7) is 2.70. The molecule has 0 radical (unpaired) electrons. The van der Waals surface area contributed by atoms with Crippen molar-refractivity contribution in [2.75, 3.05) is 11.5 Å². The number of thioether (sulfide) groups is 1. The number of hydrogen-bond donors (Lipinski definition) is 1. The summed E-state index contributed by atoms with van der Waals surface area (Å²) < 4.78 is 0. The van der Waals surface area contributed by atoms with E-state index < -0.39 is 0 Å². The summed E-state index contributed by atoms with van der Waals surface area (Å²) in [4.78, 5) is 17.5. The highest BCUT2D eigenvalue weighted by Crippen LogP contribution is 2.19. The van der Waals surface area contributed by atoms with Crippen LogP contribution in [0.4, 0.5) is 4.79 Å². The third-order valence-electron chi connectivity index (χ3n) is 3.12. The van der Waals surface area contributed by atoms with E-state index in [1.165, 1.54) is 0 Å². The number of nitrogens with two attached hydrogens (primary N) is 1. The van der Waals surface area contributed by atoms with Crippen LogP contribution in [0.5, 0.6) is 0 Å². The first kappa shape index (κ1) is 13.9. The molecule has 2 N–H and O–H groups in total. The molecule has 0 fully saturated rings. The third kappa shape index (κ3) is 3.50. The van der Waals surface area contributed by atoms with E-state index in [2.05, 4.69) is 11.9 Å². The molecule has 0 saturated heterocycles. The summed E-state index contributed by atoms with van der Waals surface area (Å²) in [6, 6.07) is 9.68. The van der Waals surface area contributed by atoms with E-state index in [0.717, 1.165) is 23.5 Å². The fourth-order valence-electron chi connectivity index (χ4n) is 2.14. The molecule has 1 unspecified atom stereocenters. The van der Waals surface area contributed by atoms with E-state index >= 15 is 0 Å². The summed E-state index contributed by atoms with van der Waals surface area (Å²) >= 11 is 1.86. The number of nitrogens with zero attached hydrogens (tertiary/aromatic N) is 2. The summed E-state index contributed by atoms with van der Waals surface area (Å²) in [6.07, 6.45) is 0.867. The first-order chi connectivity index (χ1) is 9.22. The Balaban J connectivity index is 2.02. The maximum Gasteiger partial charge on any atom is 0.346 e. The Labute approximate surface area is 118 Å². The average Bonchev–Trinajstić information content (AvgIpc) is 2.67. The summed E-state index contributed by atoms with van der Waals surface area (Å²) in [5.41, 5.74) is 6.98. The van der Waals surface area contributed by atoms with Crippen molar-refractivity contribution in [2.24, 2.45) is 10.7 Å². The lowest BCUT2D eigenvalue weighted by Gasteiger charge is -2.24. The van der Waals surface area contributed by atoms with Gasteiger partial charge in [-0.15, -0.1) is 0 Å². The highest BCUT2D eigenvalue weighted by Gasteiger charge is 2.32. The average molecular weight is 277 g/mol. The van der Waals surface area contributed by atoms with Gasteiger partial charge in [-0.3, -0.25) is 0 Å². The van der Waals surface area contributed by atoms with Crippen molar-refractivity contribution in [3.05, 3.63) is 35.9 Å². The molecule has 1 aromatic carbocycles. The number of amidine groups is 1. The van der Waals surface area contributed by atoms with Gasteiger partial charge in [-0.1, -0.05) is 37.3 Å². The molecule has 0 aromatic heterocycles. The van der Waals surface area contributed by atoms with Crippen LogP contribution < -0.4 is 5.73 Å². The highest BCUT2D eigenvalue weighted by molar-refractivity contribution is 7.99. The van der Waals surface area contributed by atoms with Gasteiger partial charge in [0.1, 0.15) is 5.84 Å². The Hall–Kier alpha value is -1.49. The van der Waals surface area contributed by atoms with Crippen LogP contribution in [-0.2, 0) is 6.54 Å². The van der Waals surface area contributed by atoms with Crippen molar-refractivity contribution in [3.63, 3.8) is 0 Å². The second-order valence-electron chi connectivity index (χ2n) is 4.43. The second-order valence-corrected chi connectivity index (χ2v) is 5.83. The maximum atomic E-state index is 11.9. The zero-order chi connectivity index (χ0) is 13.7. The molecule has 19 heavy (non-hydrogen) atoms. The lowest BCUT2D eigenvalue weighted by Crippen LogP contribution is -2.40. The SMILES string of the molecule is CCSCCC1C(N)=NC(=O)N1Cc1ccccc1. The quantitative estimate of drug-likeness (QED) is 0.813. The van der Waals surface area contributed by atoms with E-state index in [1.54, 1.807) is 4.90 Å². The zero-order valence-corrected chi connectivity index (χ0v) is 11.9. The highest BCUT2D eigenvalue weighted by atomic mass is 32.2. The molecular formula is C14H19N3OS. The molecule has 4 nitrogen and oxygen atoms in total. The van der Waals surface area contributed by atoms with Crippen LogP contribution >= 0.6 is 11.8 Å². The van der Waals surface area contributed by atoms with E-state index in [0.29, 0.717) is 12.4 Å². The standard InChI is InChI=1S/C14H19N3OS/c1-2-19-9-8-12-13(15)16-14(18)17(12)10-11-6-4-3-5-7-11/h3-7,12H,2,8-10H2,1H3,(H2,15,16,18). The number of amides is 2. The summed E-state index contributed by atoms with van der Waals surface area (Å²) in [7, 11) is 0. The van der Waals surface area contributed by atoms with Crippen LogP contribution in [0.15, 0.2) is 35.3 Å². The molecule has 2 amide bonds. The fraction of sp³-hybridized carbons (Fsp3) is 0.429. The fourth-order valence-corrected chi connectivity index (χ4v) is 2.82. The first-order valence-corrected chi connectivity index (χ1v) is 7.64. The van der Waals surface area contributed by atoms with E-state index in [4.69, 9.17) is 5.73 Å². The zero-order valence-electron chi connectivity index (χ0n) is 11.1. The largest absolute Gasteiger partial charge is 0.385 e. The number of aliphatic imine (C=N–C) groups is 1. The van der Waals surface area contributed by atoms with Gasteiger partial charge in [-0.2, -0.15) is 16.8 Å². The number of benzene rings is 1. The number of carbonyl (C=O) groups is 1. The number of urea groups is 1. The molecule has 1 heterocycles. The Morgan fingerprint density at radius 3 is 2.79 bits per heavy atom. The van der Waals surface area contributed by atoms with Gasteiger partial charge >= 0.3 is 6.03 Å². The normalized spacial score (nSPS) is 18.8. The van der Waals surface area contributed by atoms with Crippen LogP contribution in [0.25, 0.3) is 0 Å². The minimum atomic E-state index is -0.215. The molecule has 0 aliphatic carbocycles. The molecule has 2 rings (SSSR count). The molecule has 102 valence electrons. The molecule has 1 aromatic rings. The topological polar surface area (TPSA) is 58.7 Å². The smallest absolute Gasteiger partial charge is 0.346 e. The molecule has 0 bridgehead atoms. The predicted molar refractivity (Wildman–Crippen MR) is 80.4 cm³/mol. The Kier molecular flexibility index (Phi) is 4.85. The molecule has 5 heteroatoms. The van der Waals surface area contributed by atoms with Crippen molar-refractivity contribution < 1.29 is 4.79 Å². The van der Waals surface area contributed by atoms with Crippen LogP contribution in [0.1, 0.15) is 18.9 Å². The van der Waals surface area contributed by atoms with Crippen LogP contribution in [0.3, 0.4) is 0 Å². The lowest BCUT2D eigenvalue weighted by molar-refractivity contribution is 0.202. The molecular weight excluding hydrogens is 258 g/mol. The van der Waals surface area contributed by atoms with Gasteiger partial charge in [-0.05, 0) is 23.5 Å². The number of hydrogen-bond acceptors (Lipinski definition) is 3. The predicted octanol–water partition coefficient (Wildman–Crippen LogP) is 2.49. The molecule has 1 aliphatic heterocycles. The Bertz CT molecular complexity index is 461. The van der Waals surface area contributed by atoms with Gasteiger partial charge in [0.05, 0.1) is 6.04 Å². The first-order valence-electron chi connectivity index (χ1n) is 6.48. The molecule has 1 aliphatic rings. The van der Waals surface area contributed by atoms with Crippen LogP contribution in [-0.4, -0.2) is 34.3 Å². The number of carbonyl (C=O) groups excluding carboxylic acids is 1. The third-order valence-corrected chi connectivity index (χ3v) is 4.06. The van der Waals surface area contributed by atoms with Crippen molar-refractivity contribution in [2.45, 2.75) is 25.9 Å². The summed E-state index contributed by atoms with van der Waals surface area (Å²) in [5, 5.41) is 0. The van der Waals surface area contributed by atoms with E-state index in [1.807, 2.05) is 42.1 Å². The van der Waals surface area contributed by atoms with E-state index in [9.17, 15) is 4.79 Å². The minimum Gasteiger partial charge on any atom is -0.385 e. The van der Waals surface area contributed by atoms with Crippen LogP contribution in [0, 0.1) is 0 Å². The van der Waals surface area contributed by atoms with Gasteiger partial charge < -0.3 is 10.6 Å². The Morgan fingerprint density at radius 2 is 2.11 bits per heavy atom. The van der Waals surface area contributed by atoms with Gasteiger partial charge in [0, 0.05) is 6.54 Å². The van der Waals surface area contributed by atoms with Gasteiger partial charge in [-0.25, -0.2) is 4.79 Å². The lowest BCUT2D eigenvalue weighted by atomic mass is 10.1. The van der Waals surface area contributed by atoms with Crippen LogP contribution in [0.2, 0.25) is 0 Å². The van der Waals surface area contributed by atoms with Crippen molar-refractivity contribution >= 4 is 23.6 Å². The summed E-state index contributed by atoms with van der Waals surface area (Å²) in [5.74, 6) is 2.53. The van der Waals surface area contributed by atoms with Crippen molar-refractivity contribution in [3.8, 4) is 0 Å². The number of rotatable bonds is 6. The monoisotopic (exact) mass is 277 g/mol. The molecule has 0 saturated carbocycles.